The molecule has 3 aromatic rings. The van der Waals surface area contributed by atoms with Crippen molar-refractivity contribution in [3.8, 4) is 11.5 Å². The minimum Gasteiger partial charge on any atom is -0.461 e. The highest BCUT2D eigenvalue weighted by Crippen LogP contribution is 2.21. The lowest BCUT2D eigenvalue weighted by Gasteiger charge is -2.16. The SMILES string of the molecule is Cc1cccc(C)c1NC(=O)CN(C)Cc1cc(-c2ccco2)on1. The number of likely N-dealkylation sites (N-methyl/N-ethyl adjacent to an activating group) is 1. The van der Waals surface area contributed by atoms with Crippen molar-refractivity contribution in [3.05, 3.63) is 59.5 Å². The van der Waals surface area contributed by atoms with Crippen LogP contribution in [0.4, 0.5) is 5.69 Å². The molecule has 6 heteroatoms. The summed E-state index contributed by atoms with van der Waals surface area (Å²) >= 11 is 0. The lowest BCUT2D eigenvalue weighted by molar-refractivity contribution is -0.117. The molecule has 0 aliphatic rings. The van der Waals surface area contributed by atoms with E-state index in [9.17, 15) is 4.79 Å². The van der Waals surface area contributed by atoms with Gasteiger partial charge >= 0.3 is 0 Å². The first-order valence-corrected chi connectivity index (χ1v) is 8.07. The molecule has 6 nitrogen and oxygen atoms in total. The number of aryl methyl sites for hydroxylation is 2. The standard InChI is InChI=1S/C19H21N3O3/c1-13-6-4-7-14(2)19(13)20-18(23)12-22(3)11-15-10-17(25-21-15)16-8-5-9-24-16/h4-10H,11-12H2,1-3H3,(H,20,23). The van der Waals surface area contributed by atoms with Crippen molar-refractivity contribution in [1.29, 1.82) is 0 Å². The Morgan fingerprint density at radius 2 is 1.92 bits per heavy atom. The Morgan fingerprint density at radius 3 is 2.60 bits per heavy atom. The van der Waals surface area contributed by atoms with Gasteiger partial charge in [0.2, 0.25) is 11.7 Å². The van der Waals surface area contributed by atoms with Crippen molar-refractivity contribution < 1.29 is 13.7 Å². The molecule has 3 rings (SSSR count). The Labute approximate surface area is 146 Å². The highest BCUT2D eigenvalue weighted by Gasteiger charge is 2.14. The Morgan fingerprint density at radius 1 is 1.16 bits per heavy atom. The molecular weight excluding hydrogens is 318 g/mol. The molecule has 0 radical (unpaired) electrons. The average Bonchev–Trinajstić information content (AvgIpc) is 3.22. The van der Waals surface area contributed by atoms with E-state index >= 15 is 0 Å². The summed E-state index contributed by atoms with van der Waals surface area (Å²) in [7, 11) is 1.87. The quantitative estimate of drug-likeness (QED) is 0.742. The number of carbonyl (C=O) groups excluding carboxylic acids is 1. The highest BCUT2D eigenvalue weighted by molar-refractivity contribution is 5.93. The van der Waals surface area contributed by atoms with Gasteiger partial charge in [-0.1, -0.05) is 23.4 Å². The van der Waals surface area contributed by atoms with E-state index in [0.29, 0.717) is 18.1 Å². The molecule has 130 valence electrons. The fourth-order valence-electron chi connectivity index (χ4n) is 2.69. The predicted octanol–water partition coefficient (Wildman–Crippen LogP) is 3.62. The Balaban J connectivity index is 1.57. The van der Waals surface area contributed by atoms with Crippen LogP contribution in [-0.4, -0.2) is 29.6 Å². The minimum atomic E-state index is -0.0605. The summed E-state index contributed by atoms with van der Waals surface area (Å²) in [6.07, 6.45) is 1.58. The third kappa shape index (κ3) is 4.16. The molecule has 1 amide bonds. The first kappa shape index (κ1) is 17.0. The molecule has 1 aromatic carbocycles. The summed E-state index contributed by atoms with van der Waals surface area (Å²) in [5, 5.41) is 7.01. The van der Waals surface area contributed by atoms with Crippen molar-refractivity contribution in [2.75, 3.05) is 18.9 Å². The first-order chi connectivity index (χ1) is 12.0. The molecule has 0 fully saturated rings. The first-order valence-electron chi connectivity index (χ1n) is 8.07. The van der Waals surface area contributed by atoms with Gasteiger partial charge in [0, 0.05) is 18.3 Å². The normalized spacial score (nSPS) is 11.0. The van der Waals surface area contributed by atoms with E-state index in [-0.39, 0.29) is 12.5 Å². The molecule has 0 bridgehead atoms. The van der Waals surface area contributed by atoms with E-state index in [1.54, 1.807) is 12.3 Å². The molecule has 0 unspecified atom stereocenters. The van der Waals surface area contributed by atoms with Crippen LogP contribution in [0.25, 0.3) is 11.5 Å². The van der Waals surface area contributed by atoms with E-state index < -0.39 is 0 Å². The van der Waals surface area contributed by atoms with Crippen LogP contribution in [0.15, 0.2) is 51.6 Å². The predicted molar refractivity (Wildman–Crippen MR) is 95.1 cm³/mol. The zero-order chi connectivity index (χ0) is 17.8. The van der Waals surface area contributed by atoms with E-state index in [0.717, 1.165) is 22.5 Å². The number of nitrogens with zero attached hydrogens (tertiary/aromatic N) is 2. The minimum absolute atomic E-state index is 0.0605. The molecule has 1 N–H and O–H groups in total. The molecule has 0 saturated heterocycles. The van der Waals surface area contributed by atoms with Crippen LogP contribution in [0.2, 0.25) is 0 Å². The van der Waals surface area contributed by atoms with Crippen LogP contribution in [0.3, 0.4) is 0 Å². The van der Waals surface area contributed by atoms with Crippen LogP contribution in [0.1, 0.15) is 16.8 Å². The van der Waals surface area contributed by atoms with Gasteiger partial charge in [-0.25, -0.2) is 0 Å². The third-order valence-corrected chi connectivity index (χ3v) is 3.91. The van der Waals surface area contributed by atoms with Gasteiger partial charge in [0.05, 0.1) is 18.5 Å². The molecular formula is C19H21N3O3. The molecule has 0 atom stereocenters. The summed E-state index contributed by atoms with van der Waals surface area (Å²) < 4.78 is 10.6. The van der Waals surface area contributed by atoms with Crippen molar-refractivity contribution in [1.82, 2.24) is 10.1 Å². The molecule has 0 saturated carbocycles. The number of hydrogen-bond acceptors (Lipinski definition) is 5. The lowest BCUT2D eigenvalue weighted by Crippen LogP contribution is -2.30. The maximum absolute atomic E-state index is 12.3. The van der Waals surface area contributed by atoms with Crippen LogP contribution in [-0.2, 0) is 11.3 Å². The molecule has 0 aliphatic heterocycles. The number of nitrogens with one attached hydrogen (secondary N) is 1. The summed E-state index contributed by atoms with van der Waals surface area (Å²) in [6, 6.07) is 11.4. The van der Waals surface area contributed by atoms with E-state index in [1.165, 1.54) is 0 Å². The Hall–Kier alpha value is -2.86. The fraction of sp³-hybridized carbons (Fsp3) is 0.263. The zero-order valence-corrected chi connectivity index (χ0v) is 14.6. The number of benzene rings is 1. The number of para-hydroxylation sites is 1. The number of amides is 1. The molecule has 2 heterocycles. The second-order valence-corrected chi connectivity index (χ2v) is 6.15. The highest BCUT2D eigenvalue weighted by atomic mass is 16.5. The summed E-state index contributed by atoms with van der Waals surface area (Å²) in [5.74, 6) is 1.15. The smallest absolute Gasteiger partial charge is 0.238 e. The van der Waals surface area contributed by atoms with Gasteiger partial charge in [-0.15, -0.1) is 0 Å². The van der Waals surface area contributed by atoms with Crippen LogP contribution < -0.4 is 5.32 Å². The number of rotatable bonds is 6. The van der Waals surface area contributed by atoms with E-state index in [2.05, 4.69) is 10.5 Å². The molecule has 0 aliphatic carbocycles. The molecule has 25 heavy (non-hydrogen) atoms. The lowest BCUT2D eigenvalue weighted by atomic mass is 10.1. The third-order valence-electron chi connectivity index (χ3n) is 3.91. The van der Waals surface area contributed by atoms with Crippen LogP contribution >= 0.6 is 0 Å². The number of carbonyl (C=O) groups is 1. The zero-order valence-electron chi connectivity index (χ0n) is 14.6. The number of anilines is 1. The van der Waals surface area contributed by atoms with Crippen LogP contribution in [0.5, 0.6) is 0 Å². The topological polar surface area (TPSA) is 71.5 Å². The number of furan rings is 1. The van der Waals surface area contributed by atoms with E-state index in [4.69, 9.17) is 8.94 Å². The van der Waals surface area contributed by atoms with Gasteiger partial charge in [-0.2, -0.15) is 0 Å². The van der Waals surface area contributed by atoms with Gasteiger partial charge in [0.15, 0.2) is 5.76 Å². The monoisotopic (exact) mass is 339 g/mol. The van der Waals surface area contributed by atoms with Crippen molar-refractivity contribution in [2.45, 2.75) is 20.4 Å². The van der Waals surface area contributed by atoms with Gasteiger partial charge in [0.1, 0.15) is 0 Å². The van der Waals surface area contributed by atoms with Crippen molar-refractivity contribution in [2.24, 2.45) is 0 Å². The largest absolute Gasteiger partial charge is 0.461 e. The molecule has 0 spiro atoms. The number of aromatic nitrogens is 1. The van der Waals surface area contributed by atoms with Gasteiger partial charge < -0.3 is 14.3 Å². The Kier molecular flexibility index (Phi) is 5.00. The van der Waals surface area contributed by atoms with Crippen LogP contribution in [0, 0.1) is 13.8 Å². The summed E-state index contributed by atoms with van der Waals surface area (Å²) in [5.41, 5.74) is 3.72. The maximum atomic E-state index is 12.3. The average molecular weight is 339 g/mol. The fourth-order valence-corrected chi connectivity index (χ4v) is 2.69. The van der Waals surface area contributed by atoms with Crippen molar-refractivity contribution >= 4 is 11.6 Å². The summed E-state index contributed by atoms with van der Waals surface area (Å²) in [4.78, 5) is 14.2. The second kappa shape index (κ2) is 7.36. The Bertz CT molecular complexity index is 832. The second-order valence-electron chi connectivity index (χ2n) is 6.15. The summed E-state index contributed by atoms with van der Waals surface area (Å²) in [6.45, 7) is 4.73. The van der Waals surface area contributed by atoms with Crippen molar-refractivity contribution in [3.63, 3.8) is 0 Å². The number of hydrogen-bond donors (Lipinski definition) is 1. The van der Waals surface area contributed by atoms with Gasteiger partial charge in [0.25, 0.3) is 0 Å². The van der Waals surface area contributed by atoms with Gasteiger partial charge in [-0.05, 0) is 44.2 Å². The van der Waals surface area contributed by atoms with Gasteiger partial charge in [-0.3, -0.25) is 9.69 Å². The molecule has 2 aromatic heterocycles. The maximum Gasteiger partial charge on any atom is 0.238 e. The van der Waals surface area contributed by atoms with E-state index in [1.807, 2.05) is 56.1 Å².